The summed E-state index contributed by atoms with van der Waals surface area (Å²) in [5, 5.41) is 0.991. The molecule has 0 saturated heterocycles. The molecule has 0 aliphatic carbocycles. The van der Waals surface area contributed by atoms with Crippen LogP contribution in [0.4, 0.5) is 5.69 Å². The van der Waals surface area contributed by atoms with Gasteiger partial charge in [-0.05, 0) is 37.7 Å². The van der Waals surface area contributed by atoms with Gasteiger partial charge in [0.2, 0.25) is 0 Å². The number of furan rings is 1. The molecule has 2 aromatic rings. The Hall–Kier alpha value is -1.16. The summed E-state index contributed by atoms with van der Waals surface area (Å²) in [6.07, 6.45) is 1.70. The highest BCUT2D eigenvalue weighted by atomic mass is 35.5. The second-order valence-corrected chi connectivity index (χ2v) is 5.46. The Balaban J connectivity index is 2.07. The van der Waals surface area contributed by atoms with E-state index in [4.69, 9.17) is 33.4 Å². The molecule has 2 rings (SSSR count). The number of nitrogen functional groups attached to an aromatic ring is 1. The van der Waals surface area contributed by atoms with Crippen molar-refractivity contribution in [3.05, 3.63) is 51.4 Å². The number of nitrogens with zero attached hydrogens (tertiary/aromatic N) is 1. The normalized spacial score (nSPS) is 11.2. The lowest BCUT2D eigenvalue weighted by Gasteiger charge is -2.17. The van der Waals surface area contributed by atoms with Crippen molar-refractivity contribution < 1.29 is 4.42 Å². The molecule has 0 aliphatic rings. The van der Waals surface area contributed by atoms with Gasteiger partial charge in [0, 0.05) is 18.7 Å². The van der Waals surface area contributed by atoms with Gasteiger partial charge < -0.3 is 10.2 Å². The number of rotatable bonds is 4. The lowest BCUT2D eigenvalue weighted by Crippen LogP contribution is -2.17. The van der Waals surface area contributed by atoms with E-state index in [-0.39, 0.29) is 0 Å². The summed E-state index contributed by atoms with van der Waals surface area (Å²) in [5.74, 6) is 0.945. The van der Waals surface area contributed by atoms with Crippen molar-refractivity contribution in [2.45, 2.75) is 20.0 Å². The third-order valence-corrected chi connectivity index (χ3v) is 3.62. The summed E-state index contributed by atoms with van der Waals surface area (Å²) in [4.78, 5) is 2.16. The minimum atomic E-state index is 0.431. The summed E-state index contributed by atoms with van der Waals surface area (Å²) >= 11 is 12.1. The van der Waals surface area contributed by atoms with Crippen LogP contribution in [0.1, 0.15) is 16.9 Å². The molecule has 0 radical (unpaired) electrons. The molecular formula is C14H16Cl2N2O. The van der Waals surface area contributed by atoms with Crippen molar-refractivity contribution in [1.29, 1.82) is 0 Å². The summed E-state index contributed by atoms with van der Waals surface area (Å²) in [7, 11) is 2.03. The molecule has 1 aromatic carbocycles. The maximum Gasteiger partial charge on any atom is 0.105 e. The number of nitrogens with two attached hydrogens (primary N) is 1. The number of benzene rings is 1. The molecule has 1 aromatic heterocycles. The monoisotopic (exact) mass is 298 g/mol. The molecular weight excluding hydrogens is 283 g/mol. The highest BCUT2D eigenvalue weighted by Crippen LogP contribution is 2.29. The summed E-state index contributed by atoms with van der Waals surface area (Å²) < 4.78 is 5.28. The van der Waals surface area contributed by atoms with Crippen molar-refractivity contribution in [3.8, 4) is 0 Å². The molecule has 0 spiro atoms. The van der Waals surface area contributed by atoms with E-state index in [0.29, 0.717) is 15.7 Å². The highest BCUT2D eigenvalue weighted by molar-refractivity contribution is 6.38. The fourth-order valence-corrected chi connectivity index (χ4v) is 2.49. The number of aryl methyl sites for hydroxylation is 1. The smallest absolute Gasteiger partial charge is 0.105 e. The Morgan fingerprint density at radius 2 is 1.84 bits per heavy atom. The predicted octanol–water partition coefficient (Wildman–Crippen LogP) is 4.11. The number of anilines is 1. The Bertz CT molecular complexity index is 558. The SMILES string of the molecule is Cc1occc1CN(C)Cc1cc(Cl)c(N)c(Cl)c1. The van der Waals surface area contributed by atoms with Gasteiger partial charge in [-0.15, -0.1) is 0 Å². The van der Waals surface area contributed by atoms with Crippen LogP contribution in [0.25, 0.3) is 0 Å². The topological polar surface area (TPSA) is 42.4 Å². The molecule has 102 valence electrons. The third-order valence-electron chi connectivity index (χ3n) is 3.00. The molecule has 1 heterocycles. The molecule has 5 heteroatoms. The maximum atomic E-state index is 6.03. The minimum Gasteiger partial charge on any atom is -0.469 e. The minimum absolute atomic E-state index is 0.431. The quantitative estimate of drug-likeness (QED) is 0.864. The van der Waals surface area contributed by atoms with E-state index in [0.717, 1.165) is 24.4 Å². The van der Waals surface area contributed by atoms with E-state index in [9.17, 15) is 0 Å². The van der Waals surface area contributed by atoms with Crippen molar-refractivity contribution in [1.82, 2.24) is 4.90 Å². The van der Waals surface area contributed by atoms with Crippen LogP contribution in [0.2, 0.25) is 10.0 Å². The molecule has 0 aliphatic heterocycles. The lowest BCUT2D eigenvalue weighted by atomic mass is 10.2. The number of hydrogen-bond acceptors (Lipinski definition) is 3. The van der Waals surface area contributed by atoms with E-state index in [1.54, 1.807) is 6.26 Å². The van der Waals surface area contributed by atoms with Gasteiger partial charge in [-0.1, -0.05) is 23.2 Å². The van der Waals surface area contributed by atoms with E-state index < -0.39 is 0 Å². The van der Waals surface area contributed by atoms with Crippen LogP contribution < -0.4 is 5.73 Å². The Kier molecular flexibility index (Phi) is 4.40. The zero-order valence-corrected chi connectivity index (χ0v) is 12.4. The van der Waals surface area contributed by atoms with E-state index in [1.165, 1.54) is 5.56 Å². The Morgan fingerprint density at radius 1 is 1.21 bits per heavy atom. The standard InChI is InChI=1S/C14H16Cl2N2O/c1-9-11(3-4-19-9)8-18(2)7-10-5-12(15)14(17)13(16)6-10/h3-6H,7-8,17H2,1-2H3. The first-order chi connectivity index (χ1) is 8.97. The van der Waals surface area contributed by atoms with Crippen LogP contribution >= 0.6 is 23.2 Å². The zero-order valence-electron chi connectivity index (χ0n) is 10.9. The van der Waals surface area contributed by atoms with Gasteiger partial charge in [0.15, 0.2) is 0 Å². The third kappa shape index (κ3) is 3.44. The summed E-state index contributed by atoms with van der Waals surface area (Å²) in [6.45, 7) is 3.51. The van der Waals surface area contributed by atoms with Crippen LogP contribution in [-0.2, 0) is 13.1 Å². The van der Waals surface area contributed by atoms with Crippen molar-refractivity contribution >= 4 is 28.9 Å². The van der Waals surface area contributed by atoms with Crippen LogP contribution in [0.15, 0.2) is 28.9 Å². The average molecular weight is 299 g/mol. The highest BCUT2D eigenvalue weighted by Gasteiger charge is 2.09. The van der Waals surface area contributed by atoms with Gasteiger partial charge in [-0.25, -0.2) is 0 Å². The van der Waals surface area contributed by atoms with Gasteiger partial charge in [0.1, 0.15) is 5.76 Å². The zero-order chi connectivity index (χ0) is 14.0. The lowest BCUT2D eigenvalue weighted by molar-refractivity contribution is 0.316. The first-order valence-corrected chi connectivity index (χ1v) is 6.68. The number of halogens is 2. The van der Waals surface area contributed by atoms with Crippen molar-refractivity contribution in [3.63, 3.8) is 0 Å². The Morgan fingerprint density at radius 3 is 2.37 bits per heavy atom. The largest absolute Gasteiger partial charge is 0.469 e. The fraction of sp³-hybridized carbons (Fsp3) is 0.286. The molecule has 0 atom stereocenters. The van der Waals surface area contributed by atoms with Crippen LogP contribution in [-0.4, -0.2) is 11.9 Å². The second kappa shape index (κ2) is 5.87. The molecule has 19 heavy (non-hydrogen) atoms. The first-order valence-electron chi connectivity index (χ1n) is 5.92. The Labute approximate surface area is 122 Å². The van der Waals surface area contributed by atoms with Crippen LogP contribution in [0.5, 0.6) is 0 Å². The van der Waals surface area contributed by atoms with Crippen LogP contribution in [0.3, 0.4) is 0 Å². The van der Waals surface area contributed by atoms with E-state index in [2.05, 4.69) is 4.90 Å². The molecule has 0 unspecified atom stereocenters. The number of hydrogen-bond donors (Lipinski definition) is 1. The molecule has 0 amide bonds. The predicted molar refractivity (Wildman–Crippen MR) is 79.5 cm³/mol. The molecule has 0 fully saturated rings. The molecule has 0 saturated carbocycles. The fourth-order valence-electron chi connectivity index (χ4n) is 1.96. The van der Waals surface area contributed by atoms with Gasteiger partial charge in [0.25, 0.3) is 0 Å². The first kappa shape index (κ1) is 14.3. The van der Waals surface area contributed by atoms with Crippen LogP contribution in [0, 0.1) is 6.92 Å². The van der Waals surface area contributed by atoms with Gasteiger partial charge in [-0.3, -0.25) is 4.90 Å². The van der Waals surface area contributed by atoms with Crippen molar-refractivity contribution in [2.24, 2.45) is 0 Å². The van der Waals surface area contributed by atoms with Crippen molar-refractivity contribution in [2.75, 3.05) is 12.8 Å². The summed E-state index contributed by atoms with van der Waals surface area (Å²) in [5.41, 5.74) is 8.36. The molecule has 3 nitrogen and oxygen atoms in total. The second-order valence-electron chi connectivity index (χ2n) is 4.65. The summed E-state index contributed by atoms with van der Waals surface area (Å²) in [6, 6.07) is 5.68. The average Bonchev–Trinajstić information content (AvgIpc) is 2.72. The maximum absolute atomic E-state index is 6.03. The van der Waals surface area contributed by atoms with E-state index in [1.807, 2.05) is 32.2 Å². The van der Waals surface area contributed by atoms with Gasteiger partial charge in [-0.2, -0.15) is 0 Å². The molecule has 2 N–H and O–H groups in total. The van der Waals surface area contributed by atoms with E-state index >= 15 is 0 Å². The van der Waals surface area contributed by atoms with Gasteiger partial charge >= 0.3 is 0 Å². The van der Waals surface area contributed by atoms with Gasteiger partial charge in [0.05, 0.1) is 22.0 Å². The molecule has 0 bridgehead atoms.